The Balaban J connectivity index is 2.19. The van der Waals surface area contributed by atoms with Crippen molar-refractivity contribution in [1.29, 1.82) is 0 Å². The van der Waals surface area contributed by atoms with Gasteiger partial charge in [-0.2, -0.15) is 0 Å². The van der Waals surface area contributed by atoms with Crippen LogP contribution in [0.25, 0.3) is 0 Å². The minimum atomic E-state index is -3.57. The summed E-state index contributed by atoms with van der Waals surface area (Å²) in [4.78, 5) is 14.1. The lowest BCUT2D eigenvalue weighted by Gasteiger charge is -2.18. The highest BCUT2D eigenvalue weighted by Gasteiger charge is 2.16. The fourth-order valence-electron chi connectivity index (χ4n) is 2.07. The maximum Gasteiger partial charge on any atom is 0.253 e. The van der Waals surface area contributed by atoms with Crippen LogP contribution < -0.4 is 4.72 Å². The largest absolute Gasteiger partial charge is 0.337 e. The van der Waals surface area contributed by atoms with Crippen molar-refractivity contribution in [2.45, 2.75) is 11.4 Å². The molecule has 0 aliphatic rings. The number of carbonyl (C=O) groups is 1. The van der Waals surface area contributed by atoms with E-state index in [1.165, 1.54) is 19.2 Å². The predicted octanol–water partition coefficient (Wildman–Crippen LogP) is 2.63. The third kappa shape index (κ3) is 4.40. The molecule has 5 nitrogen and oxygen atoms in total. The Labute approximate surface area is 144 Å². The van der Waals surface area contributed by atoms with E-state index in [0.717, 1.165) is 10.0 Å². The van der Waals surface area contributed by atoms with E-state index in [4.69, 9.17) is 0 Å². The number of benzene rings is 2. The molecule has 0 heterocycles. The van der Waals surface area contributed by atoms with Gasteiger partial charge in [0.2, 0.25) is 10.0 Å². The summed E-state index contributed by atoms with van der Waals surface area (Å²) < 4.78 is 26.9. The van der Waals surface area contributed by atoms with E-state index in [-0.39, 0.29) is 10.8 Å². The maximum absolute atomic E-state index is 12.5. The molecular weight excluding hydrogens is 380 g/mol. The van der Waals surface area contributed by atoms with Crippen LogP contribution in [0, 0.1) is 0 Å². The number of nitrogens with zero attached hydrogens (tertiary/aromatic N) is 1. The molecule has 0 atom stereocenters. The Kier molecular flexibility index (Phi) is 5.56. The maximum atomic E-state index is 12.5. The molecule has 2 aromatic carbocycles. The lowest BCUT2D eigenvalue weighted by molar-refractivity contribution is 0.0785. The van der Waals surface area contributed by atoms with Crippen molar-refractivity contribution in [1.82, 2.24) is 9.62 Å². The summed E-state index contributed by atoms with van der Waals surface area (Å²) in [7, 11) is -0.549. The first kappa shape index (κ1) is 17.7. The van der Waals surface area contributed by atoms with Gasteiger partial charge in [-0.25, -0.2) is 13.1 Å². The van der Waals surface area contributed by atoms with E-state index in [1.54, 1.807) is 24.1 Å². The van der Waals surface area contributed by atoms with E-state index in [9.17, 15) is 13.2 Å². The molecular formula is C16H17BrN2O3S. The summed E-state index contributed by atoms with van der Waals surface area (Å²) in [6.07, 6.45) is 0. The van der Waals surface area contributed by atoms with Gasteiger partial charge in [0.25, 0.3) is 5.91 Å². The second kappa shape index (κ2) is 7.25. The van der Waals surface area contributed by atoms with Gasteiger partial charge in [-0.1, -0.05) is 34.1 Å². The minimum absolute atomic E-state index is 0.0721. The standard InChI is InChI=1S/C16H17BrN2O3S/c1-18-23(21,22)15-5-3-4-13(10-15)16(20)19(2)11-12-6-8-14(17)9-7-12/h3-10,18H,11H2,1-2H3. The van der Waals surface area contributed by atoms with Gasteiger partial charge in [0, 0.05) is 23.6 Å². The summed E-state index contributed by atoms with van der Waals surface area (Å²) in [6.45, 7) is 0.440. The average molecular weight is 397 g/mol. The zero-order valence-corrected chi connectivity index (χ0v) is 15.2. The zero-order chi connectivity index (χ0) is 17.0. The first-order valence-corrected chi connectivity index (χ1v) is 9.14. The number of carbonyl (C=O) groups excluding carboxylic acids is 1. The van der Waals surface area contributed by atoms with Gasteiger partial charge < -0.3 is 4.90 Å². The van der Waals surface area contributed by atoms with Gasteiger partial charge in [-0.05, 0) is 42.9 Å². The van der Waals surface area contributed by atoms with Crippen molar-refractivity contribution in [3.8, 4) is 0 Å². The SMILES string of the molecule is CNS(=O)(=O)c1cccc(C(=O)N(C)Cc2ccc(Br)cc2)c1. The molecule has 0 saturated carbocycles. The van der Waals surface area contributed by atoms with Crippen LogP contribution in [0.4, 0.5) is 0 Å². The molecule has 0 bridgehead atoms. The Morgan fingerprint density at radius 3 is 2.43 bits per heavy atom. The number of amides is 1. The van der Waals surface area contributed by atoms with E-state index < -0.39 is 10.0 Å². The smallest absolute Gasteiger partial charge is 0.253 e. The number of hydrogen-bond donors (Lipinski definition) is 1. The normalized spacial score (nSPS) is 11.3. The molecule has 0 aliphatic carbocycles. The first-order valence-electron chi connectivity index (χ1n) is 6.87. The van der Waals surface area contributed by atoms with Gasteiger partial charge in [0.15, 0.2) is 0 Å². The molecule has 0 radical (unpaired) electrons. The molecule has 0 saturated heterocycles. The molecule has 0 unspecified atom stereocenters. The molecule has 2 rings (SSSR count). The molecule has 1 N–H and O–H groups in total. The topological polar surface area (TPSA) is 66.5 Å². The van der Waals surface area contributed by atoms with Crippen LogP contribution in [-0.2, 0) is 16.6 Å². The number of hydrogen-bond acceptors (Lipinski definition) is 3. The number of halogens is 1. The molecule has 0 aromatic heterocycles. The van der Waals surface area contributed by atoms with Crippen molar-refractivity contribution in [3.63, 3.8) is 0 Å². The monoisotopic (exact) mass is 396 g/mol. The highest BCUT2D eigenvalue weighted by atomic mass is 79.9. The quantitative estimate of drug-likeness (QED) is 0.844. The number of rotatable bonds is 5. The van der Waals surface area contributed by atoms with Crippen LogP contribution in [0.2, 0.25) is 0 Å². The lowest BCUT2D eigenvalue weighted by Crippen LogP contribution is -2.26. The molecule has 7 heteroatoms. The molecule has 2 aromatic rings. The van der Waals surface area contributed by atoms with Gasteiger partial charge in [0.1, 0.15) is 0 Å². The Hall–Kier alpha value is -1.70. The van der Waals surface area contributed by atoms with Gasteiger partial charge in [-0.15, -0.1) is 0 Å². The lowest BCUT2D eigenvalue weighted by atomic mass is 10.1. The van der Waals surface area contributed by atoms with E-state index >= 15 is 0 Å². The Morgan fingerprint density at radius 1 is 1.17 bits per heavy atom. The number of sulfonamides is 1. The molecule has 0 aliphatic heterocycles. The van der Waals surface area contributed by atoms with Crippen LogP contribution >= 0.6 is 15.9 Å². The molecule has 0 spiro atoms. The summed E-state index contributed by atoms with van der Waals surface area (Å²) in [6, 6.07) is 13.7. The van der Waals surface area contributed by atoms with Crippen molar-refractivity contribution in [2.24, 2.45) is 0 Å². The Bertz CT molecular complexity index is 804. The molecule has 0 fully saturated rings. The fraction of sp³-hybridized carbons (Fsp3) is 0.188. The zero-order valence-electron chi connectivity index (χ0n) is 12.8. The highest BCUT2D eigenvalue weighted by Crippen LogP contribution is 2.15. The molecule has 1 amide bonds. The second-order valence-electron chi connectivity index (χ2n) is 5.02. The summed E-state index contributed by atoms with van der Waals surface area (Å²) in [5.74, 6) is -0.235. The first-order chi connectivity index (χ1) is 10.8. The third-order valence-corrected chi connectivity index (χ3v) is 5.28. The minimum Gasteiger partial charge on any atom is -0.337 e. The van der Waals surface area contributed by atoms with Gasteiger partial charge in [0.05, 0.1) is 4.90 Å². The van der Waals surface area contributed by atoms with E-state index in [2.05, 4.69) is 20.7 Å². The highest BCUT2D eigenvalue weighted by molar-refractivity contribution is 9.10. The van der Waals surface area contributed by atoms with Gasteiger partial charge >= 0.3 is 0 Å². The Morgan fingerprint density at radius 2 is 1.83 bits per heavy atom. The fourth-order valence-corrected chi connectivity index (χ4v) is 3.11. The predicted molar refractivity (Wildman–Crippen MR) is 92.6 cm³/mol. The summed E-state index contributed by atoms with van der Waals surface area (Å²) in [5.41, 5.74) is 1.32. The van der Waals surface area contributed by atoms with Gasteiger partial charge in [-0.3, -0.25) is 4.79 Å². The van der Waals surface area contributed by atoms with Crippen LogP contribution in [-0.4, -0.2) is 33.3 Å². The summed E-state index contributed by atoms with van der Waals surface area (Å²) >= 11 is 3.37. The van der Waals surface area contributed by atoms with Crippen LogP contribution in [0.5, 0.6) is 0 Å². The van der Waals surface area contributed by atoms with Crippen molar-refractivity contribution in [2.75, 3.05) is 14.1 Å². The number of nitrogens with one attached hydrogen (secondary N) is 1. The second-order valence-corrected chi connectivity index (χ2v) is 7.83. The average Bonchev–Trinajstić information content (AvgIpc) is 2.56. The molecule has 23 heavy (non-hydrogen) atoms. The van der Waals surface area contributed by atoms with Crippen molar-refractivity contribution >= 4 is 31.9 Å². The van der Waals surface area contributed by atoms with Crippen LogP contribution in [0.1, 0.15) is 15.9 Å². The van der Waals surface area contributed by atoms with E-state index in [0.29, 0.717) is 12.1 Å². The van der Waals surface area contributed by atoms with Crippen LogP contribution in [0.3, 0.4) is 0 Å². The molecule has 122 valence electrons. The van der Waals surface area contributed by atoms with Crippen molar-refractivity contribution < 1.29 is 13.2 Å². The van der Waals surface area contributed by atoms with Crippen molar-refractivity contribution in [3.05, 3.63) is 64.1 Å². The van der Waals surface area contributed by atoms with E-state index in [1.807, 2.05) is 24.3 Å². The van der Waals surface area contributed by atoms with Crippen LogP contribution in [0.15, 0.2) is 57.9 Å². The third-order valence-electron chi connectivity index (χ3n) is 3.34. The summed E-state index contributed by atoms with van der Waals surface area (Å²) in [5, 5.41) is 0.